The molecule has 1 saturated heterocycles. The second-order valence-electron chi connectivity index (χ2n) is 7.05. The summed E-state index contributed by atoms with van der Waals surface area (Å²) in [4.78, 5) is 0. The maximum Gasteiger partial charge on any atom is 0.131 e. The van der Waals surface area contributed by atoms with Crippen molar-refractivity contribution < 1.29 is 9.13 Å². The van der Waals surface area contributed by atoms with E-state index in [1.54, 1.807) is 6.07 Å². The Labute approximate surface area is 142 Å². The number of fused-ring (bicyclic) bond motifs is 1. The van der Waals surface area contributed by atoms with Gasteiger partial charge in [0.05, 0.1) is 6.17 Å². The van der Waals surface area contributed by atoms with Gasteiger partial charge >= 0.3 is 0 Å². The molecular formula is C20H23FN2O. The highest BCUT2D eigenvalue weighted by atomic mass is 19.1. The fourth-order valence-corrected chi connectivity index (χ4v) is 3.55. The van der Waals surface area contributed by atoms with E-state index in [1.165, 1.54) is 0 Å². The molecule has 4 rings (SSSR count). The predicted molar refractivity (Wildman–Crippen MR) is 93.5 cm³/mol. The zero-order chi connectivity index (χ0) is 16.7. The highest BCUT2D eigenvalue weighted by Crippen LogP contribution is 2.34. The maximum atomic E-state index is 14.7. The summed E-state index contributed by atoms with van der Waals surface area (Å²) < 4.78 is 20.4. The van der Waals surface area contributed by atoms with E-state index in [-0.39, 0.29) is 18.1 Å². The zero-order valence-electron chi connectivity index (χ0n) is 14.1. The van der Waals surface area contributed by atoms with E-state index in [0.717, 1.165) is 42.0 Å². The van der Waals surface area contributed by atoms with Crippen LogP contribution in [0.4, 0.5) is 4.39 Å². The van der Waals surface area contributed by atoms with Crippen molar-refractivity contribution in [3.63, 3.8) is 0 Å². The number of hydrogen-bond donors (Lipinski definition) is 2. The van der Waals surface area contributed by atoms with Crippen LogP contribution in [-0.2, 0) is 6.42 Å². The third kappa shape index (κ3) is 2.92. The molecule has 2 aromatic carbocycles. The van der Waals surface area contributed by atoms with Gasteiger partial charge in [-0.05, 0) is 47.7 Å². The number of ether oxygens (including phenoxy) is 1. The molecule has 0 radical (unpaired) electrons. The van der Waals surface area contributed by atoms with Crippen LogP contribution in [0.15, 0.2) is 36.4 Å². The van der Waals surface area contributed by atoms with Crippen LogP contribution in [0.5, 0.6) is 5.75 Å². The number of halogens is 1. The molecule has 1 unspecified atom stereocenters. The summed E-state index contributed by atoms with van der Waals surface area (Å²) in [7, 11) is 0. The van der Waals surface area contributed by atoms with Crippen LogP contribution in [0.25, 0.3) is 11.1 Å². The summed E-state index contributed by atoms with van der Waals surface area (Å²) in [6.45, 7) is 6.15. The molecule has 0 aromatic heterocycles. The van der Waals surface area contributed by atoms with Crippen molar-refractivity contribution in [2.75, 3.05) is 13.1 Å². The summed E-state index contributed by atoms with van der Waals surface area (Å²) in [5, 5.41) is 6.83. The molecule has 1 fully saturated rings. The van der Waals surface area contributed by atoms with Crippen LogP contribution in [0.3, 0.4) is 0 Å². The van der Waals surface area contributed by atoms with Crippen molar-refractivity contribution >= 4 is 0 Å². The monoisotopic (exact) mass is 326 g/mol. The minimum absolute atomic E-state index is 0.0269. The van der Waals surface area contributed by atoms with E-state index < -0.39 is 0 Å². The SMILES string of the molecule is CC1CNC(c2ccc(-c3ccc4c(c3)CC(C)O4)c(F)c2)NC1. The van der Waals surface area contributed by atoms with Gasteiger partial charge in [-0.1, -0.05) is 25.1 Å². The average Bonchev–Trinajstić information content (AvgIpc) is 2.94. The molecule has 4 heteroatoms. The van der Waals surface area contributed by atoms with Crippen LogP contribution in [0.2, 0.25) is 0 Å². The first-order chi connectivity index (χ1) is 11.6. The Morgan fingerprint density at radius 3 is 2.58 bits per heavy atom. The van der Waals surface area contributed by atoms with Crippen molar-refractivity contribution in [3.05, 3.63) is 53.3 Å². The summed E-state index contributed by atoms with van der Waals surface area (Å²) >= 11 is 0. The van der Waals surface area contributed by atoms with Crippen LogP contribution in [0.1, 0.15) is 31.1 Å². The third-order valence-corrected chi connectivity index (χ3v) is 4.87. The van der Waals surface area contributed by atoms with Crippen LogP contribution in [0, 0.1) is 11.7 Å². The minimum Gasteiger partial charge on any atom is -0.490 e. The molecule has 2 N–H and O–H groups in total. The van der Waals surface area contributed by atoms with Crippen molar-refractivity contribution in [2.45, 2.75) is 32.5 Å². The molecule has 0 bridgehead atoms. The van der Waals surface area contributed by atoms with Crippen molar-refractivity contribution in [1.29, 1.82) is 0 Å². The first kappa shape index (κ1) is 15.6. The average molecular weight is 326 g/mol. The topological polar surface area (TPSA) is 33.3 Å². The van der Waals surface area contributed by atoms with Crippen molar-refractivity contribution in [2.24, 2.45) is 5.92 Å². The van der Waals surface area contributed by atoms with E-state index >= 15 is 0 Å². The quantitative estimate of drug-likeness (QED) is 0.884. The van der Waals surface area contributed by atoms with Crippen LogP contribution >= 0.6 is 0 Å². The molecule has 3 nitrogen and oxygen atoms in total. The molecule has 0 amide bonds. The van der Waals surface area contributed by atoms with Crippen molar-refractivity contribution in [1.82, 2.24) is 10.6 Å². The Kier molecular flexibility index (Phi) is 4.02. The number of rotatable bonds is 2. The van der Waals surface area contributed by atoms with Crippen LogP contribution in [-0.4, -0.2) is 19.2 Å². The molecule has 0 saturated carbocycles. The van der Waals surface area contributed by atoms with Gasteiger partial charge in [0.15, 0.2) is 0 Å². The van der Waals surface area contributed by atoms with Gasteiger partial charge in [0.2, 0.25) is 0 Å². The third-order valence-electron chi connectivity index (χ3n) is 4.87. The Balaban J connectivity index is 1.60. The van der Waals surface area contributed by atoms with Gasteiger partial charge in [0.1, 0.15) is 17.7 Å². The Morgan fingerprint density at radius 1 is 1.04 bits per heavy atom. The Hall–Kier alpha value is -1.91. The first-order valence-corrected chi connectivity index (χ1v) is 8.66. The molecule has 2 aliphatic rings. The summed E-state index contributed by atoms with van der Waals surface area (Å²) in [5.74, 6) is 1.34. The number of nitrogens with one attached hydrogen (secondary N) is 2. The highest BCUT2D eigenvalue weighted by molar-refractivity contribution is 5.67. The lowest BCUT2D eigenvalue weighted by atomic mass is 9.98. The summed E-state index contributed by atoms with van der Waals surface area (Å²) in [6.07, 6.45) is 1.11. The Morgan fingerprint density at radius 2 is 1.83 bits per heavy atom. The van der Waals surface area contributed by atoms with Crippen LogP contribution < -0.4 is 15.4 Å². The smallest absolute Gasteiger partial charge is 0.131 e. The zero-order valence-corrected chi connectivity index (χ0v) is 14.1. The largest absolute Gasteiger partial charge is 0.490 e. The van der Waals surface area contributed by atoms with E-state index in [1.807, 2.05) is 24.3 Å². The highest BCUT2D eigenvalue weighted by Gasteiger charge is 2.21. The first-order valence-electron chi connectivity index (χ1n) is 8.66. The molecule has 126 valence electrons. The standard InChI is InChI=1S/C20H23FN2O/c1-12-10-22-20(23-11-12)15-3-5-17(18(21)9-15)14-4-6-19-16(8-14)7-13(2)24-19/h3-6,8-9,12-13,20,22-23H,7,10-11H2,1-2H3. The number of benzene rings is 2. The van der Waals surface area contributed by atoms with Gasteiger partial charge in [0.25, 0.3) is 0 Å². The molecule has 1 atom stereocenters. The molecule has 0 spiro atoms. The van der Waals surface area contributed by atoms with E-state index in [0.29, 0.717) is 11.5 Å². The summed E-state index contributed by atoms with van der Waals surface area (Å²) in [5.41, 5.74) is 3.66. The van der Waals surface area contributed by atoms with E-state index in [2.05, 4.69) is 30.5 Å². The lowest BCUT2D eigenvalue weighted by Gasteiger charge is -2.29. The molecule has 2 aliphatic heterocycles. The Bertz CT molecular complexity index is 753. The minimum atomic E-state index is -0.179. The van der Waals surface area contributed by atoms with E-state index in [9.17, 15) is 4.39 Å². The predicted octanol–water partition coefficient (Wildman–Crippen LogP) is 3.64. The summed E-state index contributed by atoms with van der Waals surface area (Å²) in [6, 6.07) is 11.5. The van der Waals surface area contributed by atoms with Gasteiger partial charge in [-0.2, -0.15) is 0 Å². The van der Waals surface area contributed by atoms with E-state index in [4.69, 9.17) is 4.74 Å². The molecule has 0 aliphatic carbocycles. The lowest BCUT2D eigenvalue weighted by molar-refractivity contribution is 0.254. The maximum absolute atomic E-state index is 14.7. The van der Waals surface area contributed by atoms with Gasteiger partial charge in [-0.25, -0.2) is 4.39 Å². The lowest BCUT2D eigenvalue weighted by Crippen LogP contribution is -2.45. The second kappa shape index (κ2) is 6.19. The fourth-order valence-electron chi connectivity index (χ4n) is 3.55. The molecule has 2 aromatic rings. The second-order valence-corrected chi connectivity index (χ2v) is 7.05. The molecule has 24 heavy (non-hydrogen) atoms. The van der Waals surface area contributed by atoms with Gasteiger partial charge in [0, 0.05) is 25.1 Å². The van der Waals surface area contributed by atoms with Gasteiger partial charge < -0.3 is 4.74 Å². The van der Waals surface area contributed by atoms with Crippen molar-refractivity contribution in [3.8, 4) is 16.9 Å². The van der Waals surface area contributed by atoms with Gasteiger partial charge in [-0.3, -0.25) is 10.6 Å². The molecular weight excluding hydrogens is 303 g/mol. The van der Waals surface area contributed by atoms with Gasteiger partial charge in [-0.15, -0.1) is 0 Å². The molecule has 2 heterocycles. The number of hydrogen-bond acceptors (Lipinski definition) is 3. The fraction of sp³-hybridized carbons (Fsp3) is 0.400. The normalized spacial score (nSPS) is 26.0.